The summed E-state index contributed by atoms with van der Waals surface area (Å²) in [6, 6.07) is 0. The Morgan fingerprint density at radius 2 is 0.906 bits per heavy atom. The van der Waals surface area contributed by atoms with Gasteiger partial charge in [-0.05, 0) is 68.6 Å². The Balaban J connectivity index is 0.000000754. The average Bonchev–Trinajstić information content (AvgIpc) is 3.70. The Labute approximate surface area is 198 Å². The predicted molar refractivity (Wildman–Crippen MR) is 132 cm³/mol. The van der Waals surface area contributed by atoms with Crippen molar-refractivity contribution in [3.05, 3.63) is 0 Å². The Morgan fingerprint density at radius 1 is 0.562 bits per heavy atom. The normalized spacial score (nSPS) is 39.8. The van der Waals surface area contributed by atoms with Crippen LogP contribution in [0, 0.1) is 28.1 Å². The molecule has 4 unspecified atom stereocenters. The molecule has 2 N–H and O–H groups in total. The largest absolute Gasteiger partial charge is 0.393 e. The zero-order chi connectivity index (χ0) is 22.7. The first-order chi connectivity index (χ1) is 15.5. The van der Waals surface area contributed by atoms with Crippen molar-refractivity contribution in [2.24, 2.45) is 28.1 Å². The molecule has 186 valence electrons. The summed E-state index contributed by atoms with van der Waals surface area (Å²) in [6.07, 6.45) is 22.2. The molecule has 32 heavy (non-hydrogen) atoms. The van der Waals surface area contributed by atoms with E-state index in [0.717, 1.165) is 26.1 Å². The minimum Gasteiger partial charge on any atom is -0.393 e. The van der Waals surface area contributed by atoms with Crippen LogP contribution in [0.25, 0.3) is 0 Å². The van der Waals surface area contributed by atoms with E-state index >= 15 is 0 Å². The molecule has 5 fully saturated rings. The van der Waals surface area contributed by atoms with Crippen molar-refractivity contribution in [2.75, 3.05) is 13.2 Å². The summed E-state index contributed by atoms with van der Waals surface area (Å²) in [4.78, 5) is 0. The zero-order valence-corrected chi connectivity index (χ0v) is 21.3. The van der Waals surface area contributed by atoms with Gasteiger partial charge in [-0.2, -0.15) is 0 Å². The lowest BCUT2D eigenvalue weighted by Crippen LogP contribution is -2.66. The van der Waals surface area contributed by atoms with Crippen LogP contribution < -0.4 is 0 Å². The van der Waals surface area contributed by atoms with Crippen molar-refractivity contribution in [2.45, 2.75) is 142 Å². The Hall–Kier alpha value is -0.120. The minimum atomic E-state index is -0.177. The molecule has 3 nitrogen and oxygen atoms in total. The molecule has 0 aromatic rings. The molecular weight excluding hydrogens is 396 g/mol. The van der Waals surface area contributed by atoms with Gasteiger partial charge in [-0.25, -0.2) is 0 Å². The smallest absolute Gasteiger partial charge is 0.0701 e. The molecule has 4 atom stereocenters. The number of hydrogen-bond acceptors (Lipinski definition) is 3. The molecule has 1 heterocycles. The van der Waals surface area contributed by atoms with E-state index in [1.54, 1.807) is 0 Å². The summed E-state index contributed by atoms with van der Waals surface area (Å²) in [5.41, 5.74) is -0.00738. The topological polar surface area (TPSA) is 53.0 Å². The number of ether oxygens (including phenoxy) is 1. The van der Waals surface area contributed by atoms with Crippen LogP contribution in [-0.4, -0.2) is 35.6 Å². The van der Waals surface area contributed by atoms with Gasteiger partial charge in [0.1, 0.15) is 0 Å². The number of aliphatic hydroxyl groups excluding tert-OH is 2. The highest BCUT2D eigenvalue weighted by molar-refractivity contribution is 5.15. The average molecular weight is 449 g/mol. The summed E-state index contributed by atoms with van der Waals surface area (Å²) in [5, 5.41) is 23.5. The number of rotatable bonds is 4. The fourth-order valence-corrected chi connectivity index (χ4v) is 9.46. The van der Waals surface area contributed by atoms with E-state index in [1.165, 1.54) is 103 Å². The maximum atomic E-state index is 11.8. The monoisotopic (exact) mass is 448 g/mol. The third-order valence-corrected chi connectivity index (χ3v) is 11.0. The van der Waals surface area contributed by atoms with Gasteiger partial charge >= 0.3 is 0 Å². The van der Waals surface area contributed by atoms with Gasteiger partial charge in [-0.15, -0.1) is 0 Å². The first-order valence-corrected chi connectivity index (χ1v) is 14.4. The second-order valence-electron chi connectivity index (χ2n) is 12.5. The van der Waals surface area contributed by atoms with E-state index in [-0.39, 0.29) is 28.5 Å². The SMILES string of the molecule is C1CO1.CC(C)(C1(C2CCCCC2)CCCCC1O)C1(C2CCCCC2)CCCCC1O. The minimum absolute atomic E-state index is 0.00143. The van der Waals surface area contributed by atoms with E-state index in [4.69, 9.17) is 0 Å². The van der Waals surface area contributed by atoms with Crippen molar-refractivity contribution in [3.8, 4) is 0 Å². The molecule has 1 aliphatic heterocycles. The fraction of sp³-hybridized carbons (Fsp3) is 1.00. The molecular formula is C29H52O3. The van der Waals surface area contributed by atoms with E-state index in [1.807, 2.05) is 0 Å². The van der Waals surface area contributed by atoms with Crippen molar-refractivity contribution >= 4 is 0 Å². The van der Waals surface area contributed by atoms with Crippen LogP contribution in [0.1, 0.15) is 129 Å². The molecule has 0 aromatic heterocycles. The van der Waals surface area contributed by atoms with Crippen molar-refractivity contribution in [1.29, 1.82) is 0 Å². The van der Waals surface area contributed by atoms with Crippen molar-refractivity contribution in [3.63, 3.8) is 0 Å². The summed E-state index contributed by atoms with van der Waals surface area (Å²) >= 11 is 0. The summed E-state index contributed by atoms with van der Waals surface area (Å²) < 4.78 is 4.50. The molecule has 0 aromatic carbocycles. The quantitative estimate of drug-likeness (QED) is 0.454. The van der Waals surface area contributed by atoms with Gasteiger partial charge in [-0.1, -0.05) is 78.1 Å². The highest BCUT2D eigenvalue weighted by atomic mass is 16.6. The van der Waals surface area contributed by atoms with Gasteiger partial charge in [-0.3, -0.25) is 0 Å². The van der Waals surface area contributed by atoms with Crippen LogP contribution in [0.15, 0.2) is 0 Å². The first-order valence-electron chi connectivity index (χ1n) is 14.4. The number of aliphatic hydroxyl groups is 2. The molecule has 0 amide bonds. The molecule has 1 saturated heterocycles. The standard InChI is InChI=1S/C27H48O2.C2H4O/c1-25(2,26(19-11-9-17-23(26)28)21-13-5-3-6-14-21)27(20-12-10-18-24(27)29)22-15-7-4-8-16-22;1-2-3-1/h21-24,28-29H,3-20H2,1-2H3;1-2H2. The van der Waals surface area contributed by atoms with Crippen LogP contribution in [0.3, 0.4) is 0 Å². The maximum absolute atomic E-state index is 11.8. The molecule has 0 bridgehead atoms. The first kappa shape index (κ1) is 25.0. The van der Waals surface area contributed by atoms with Gasteiger partial charge in [0.15, 0.2) is 0 Å². The van der Waals surface area contributed by atoms with Crippen LogP contribution >= 0.6 is 0 Å². The van der Waals surface area contributed by atoms with Gasteiger partial charge in [0.05, 0.1) is 25.4 Å². The lowest BCUT2D eigenvalue weighted by atomic mass is 9.37. The Kier molecular flexibility index (Phi) is 8.32. The molecule has 4 saturated carbocycles. The van der Waals surface area contributed by atoms with Crippen molar-refractivity contribution in [1.82, 2.24) is 0 Å². The second-order valence-corrected chi connectivity index (χ2v) is 12.5. The molecule has 5 aliphatic rings. The van der Waals surface area contributed by atoms with Crippen LogP contribution in [0.2, 0.25) is 0 Å². The Bertz CT molecular complexity index is 526. The molecule has 4 aliphatic carbocycles. The third kappa shape index (κ3) is 4.44. The third-order valence-electron chi connectivity index (χ3n) is 11.0. The molecule has 3 heteroatoms. The lowest BCUT2D eigenvalue weighted by molar-refractivity contribution is -0.242. The summed E-state index contributed by atoms with van der Waals surface area (Å²) in [5.74, 6) is 1.30. The van der Waals surface area contributed by atoms with Crippen LogP contribution in [-0.2, 0) is 4.74 Å². The summed E-state index contributed by atoms with van der Waals surface area (Å²) in [7, 11) is 0. The highest BCUT2D eigenvalue weighted by Crippen LogP contribution is 2.70. The van der Waals surface area contributed by atoms with Crippen LogP contribution in [0.5, 0.6) is 0 Å². The van der Waals surface area contributed by atoms with E-state index in [9.17, 15) is 10.2 Å². The van der Waals surface area contributed by atoms with Crippen molar-refractivity contribution < 1.29 is 14.9 Å². The Morgan fingerprint density at radius 3 is 1.22 bits per heavy atom. The number of epoxide rings is 1. The van der Waals surface area contributed by atoms with Crippen LogP contribution in [0.4, 0.5) is 0 Å². The maximum Gasteiger partial charge on any atom is 0.0701 e. The predicted octanol–water partition coefficient (Wildman–Crippen LogP) is 7.03. The van der Waals surface area contributed by atoms with E-state index in [0.29, 0.717) is 11.8 Å². The van der Waals surface area contributed by atoms with Gasteiger partial charge in [0.25, 0.3) is 0 Å². The summed E-state index contributed by atoms with van der Waals surface area (Å²) in [6.45, 7) is 7.05. The molecule has 0 spiro atoms. The van der Waals surface area contributed by atoms with E-state index in [2.05, 4.69) is 18.6 Å². The highest BCUT2D eigenvalue weighted by Gasteiger charge is 2.66. The van der Waals surface area contributed by atoms with Gasteiger partial charge < -0.3 is 14.9 Å². The van der Waals surface area contributed by atoms with E-state index < -0.39 is 0 Å². The molecule has 0 radical (unpaired) electrons. The van der Waals surface area contributed by atoms with Gasteiger partial charge in [0.2, 0.25) is 0 Å². The number of hydrogen-bond donors (Lipinski definition) is 2. The second kappa shape index (κ2) is 10.6. The zero-order valence-electron chi connectivity index (χ0n) is 21.3. The molecule has 5 rings (SSSR count). The lowest BCUT2D eigenvalue weighted by Gasteiger charge is -2.68. The fourth-order valence-electron chi connectivity index (χ4n) is 9.46. The van der Waals surface area contributed by atoms with Gasteiger partial charge in [0, 0.05) is 10.8 Å².